The summed E-state index contributed by atoms with van der Waals surface area (Å²) >= 11 is 0. The van der Waals surface area contributed by atoms with Crippen LogP contribution in [-0.2, 0) is 27.1 Å². The number of ether oxygens (including phenoxy) is 3. The smallest absolute Gasteiger partial charge is 0.487 e. The molecule has 4 bridgehead atoms. The number of aliphatic carboxylic acids is 1. The van der Waals surface area contributed by atoms with Gasteiger partial charge in [-0.25, -0.2) is 4.79 Å². The molecule has 2 N–H and O–H groups in total. The van der Waals surface area contributed by atoms with E-state index in [4.69, 9.17) is 9.47 Å². The number of carbonyl (C=O) groups is 2. The summed E-state index contributed by atoms with van der Waals surface area (Å²) < 4.78 is 92.7. The van der Waals surface area contributed by atoms with Crippen LogP contribution in [0.25, 0.3) is 10.8 Å². The molecule has 4 aliphatic rings. The Labute approximate surface area is 266 Å². The number of carboxylic acids is 1. The van der Waals surface area contributed by atoms with E-state index in [0.29, 0.717) is 36.6 Å². The Morgan fingerprint density at radius 3 is 2.21 bits per heavy atom. The number of amides is 1. The molecule has 0 saturated heterocycles. The second kappa shape index (κ2) is 12.3. The molecule has 5 atom stereocenters. The number of hydrogen-bond donors (Lipinski definition) is 2. The van der Waals surface area contributed by atoms with E-state index in [2.05, 4.69) is 10.1 Å². The Hall–Kier alpha value is -3.84. The lowest BCUT2D eigenvalue weighted by Crippen LogP contribution is -2.65. The van der Waals surface area contributed by atoms with Crippen molar-refractivity contribution in [3.63, 3.8) is 0 Å². The summed E-state index contributed by atoms with van der Waals surface area (Å²) in [6.45, 7) is -1.13. The molecule has 0 radical (unpaired) electrons. The molecule has 3 aromatic rings. The standard InChI is InChI=1S/C34H33F6NO6/c35-33(36,37)24-8-5-20(6-9-24)18-45-27-25-4-2-1-3-23(25)7-10-26(27)29(42)41-28(30(43)44)31-14-21-13-22(15-31)17-32(16-21,19-31)46-11-12-47-34(38,39)40/h1-10,21-22,28H,11-19H2,(H,41,42)(H,43,44)/t21-,22+,28-,31?,32?/m1/s1. The van der Waals surface area contributed by atoms with Crippen molar-refractivity contribution >= 4 is 22.6 Å². The summed E-state index contributed by atoms with van der Waals surface area (Å²) in [5.74, 6) is -1.58. The predicted molar refractivity (Wildman–Crippen MR) is 156 cm³/mol. The third-order valence-corrected chi connectivity index (χ3v) is 9.73. The summed E-state index contributed by atoms with van der Waals surface area (Å²) in [6.07, 6.45) is -5.89. The van der Waals surface area contributed by atoms with Crippen LogP contribution in [0.3, 0.4) is 0 Å². The van der Waals surface area contributed by atoms with Gasteiger partial charge < -0.3 is 19.9 Å². The first-order valence-corrected chi connectivity index (χ1v) is 15.3. The van der Waals surface area contributed by atoms with E-state index in [-0.39, 0.29) is 42.8 Å². The van der Waals surface area contributed by atoms with Crippen molar-refractivity contribution in [2.24, 2.45) is 17.3 Å². The highest BCUT2D eigenvalue weighted by Gasteiger charge is 2.62. The van der Waals surface area contributed by atoms with Crippen molar-refractivity contribution in [1.29, 1.82) is 0 Å². The number of carboxylic acid groups (broad SMARTS) is 1. The van der Waals surface area contributed by atoms with Crippen molar-refractivity contribution in [2.75, 3.05) is 13.2 Å². The lowest BCUT2D eigenvalue weighted by Gasteiger charge is -2.63. The highest BCUT2D eigenvalue weighted by Crippen LogP contribution is 2.64. The van der Waals surface area contributed by atoms with Gasteiger partial charge in [-0.2, -0.15) is 13.2 Å². The zero-order valence-corrected chi connectivity index (χ0v) is 25.1. The Morgan fingerprint density at radius 2 is 1.57 bits per heavy atom. The van der Waals surface area contributed by atoms with Gasteiger partial charge >= 0.3 is 18.5 Å². The third kappa shape index (κ3) is 7.06. The van der Waals surface area contributed by atoms with Gasteiger partial charge in [0.1, 0.15) is 18.4 Å². The van der Waals surface area contributed by atoms with E-state index in [1.54, 1.807) is 30.3 Å². The van der Waals surface area contributed by atoms with Crippen LogP contribution in [0.1, 0.15) is 60.0 Å². The van der Waals surface area contributed by atoms with Gasteiger partial charge in [0.25, 0.3) is 5.91 Å². The van der Waals surface area contributed by atoms with Crippen molar-refractivity contribution < 1.29 is 55.2 Å². The Morgan fingerprint density at radius 1 is 0.894 bits per heavy atom. The number of hydrogen-bond acceptors (Lipinski definition) is 5. The number of fused-ring (bicyclic) bond motifs is 1. The van der Waals surface area contributed by atoms with E-state index in [1.165, 1.54) is 18.2 Å². The van der Waals surface area contributed by atoms with Gasteiger partial charge in [-0.1, -0.05) is 42.5 Å². The molecule has 3 aromatic carbocycles. The van der Waals surface area contributed by atoms with Gasteiger partial charge in [0, 0.05) is 10.8 Å². The maximum Gasteiger partial charge on any atom is 0.522 e. The average Bonchev–Trinajstić information content (AvgIpc) is 2.99. The molecule has 252 valence electrons. The monoisotopic (exact) mass is 665 g/mol. The first-order valence-electron chi connectivity index (χ1n) is 15.3. The zero-order chi connectivity index (χ0) is 33.6. The first-order chi connectivity index (χ1) is 22.2. The average molecular weight is 666 g/mol. The van der Waals surface area contributed by atoms with Crippen LogP contribution >= 0.6 is 0 Å². The molecule has 13 heteroatoms. The predicted octanol–water partition coefficient (Wildman–Crippen LogP) is 7.51. The highest BCUT2D eigenvalue weighted by atomic mass is 19.4. The number of benzene rings is 3. The number of rotatable bonds is 11. The molecule has 4 saturated carbocycles. The molecule has 4 fully saturated rings. The normalized spacial score (nSPS) is 25.9. The van der Waals surface area contributed by atoms with Gasteiger partial charge in [0.2, 0.25) is 0 Å². The van der Waals surface area contributed by atoms with Crippen molar-refractivity contribution in [1.82, 2.24) is 5.32 Å². The van der Waals surface area contributed by atoms with Gasteiger partial charge in [-0.3, -0.25) is 9.53 Å². The quantitative estimate of drug-likeness (QED) is 0.163. The lowest BCUT2D eigenvalue weighted by molar-refractivity contribution is -0.330. The number of halogens is 6. The third-order valence-electron chi connectivity index (χ3n) is 9.73. The Kier molecular flexibility index (Phi) is 8.67. The van der Waals surface area contributed by atoms with E-state index in [9.17, 15) is 41.0 Å². The van der Waals surface area contributed by atoms with Gasteiger partial charge in [0.05, 0.1) is 29.9 Å². The van der Waals surface area contributed by atoms with Crippen LogP contribution < -0.4 is 10.1 Å². The molecular weight excluding hydrogens is 632 g/mol. The highest BCUT2D eigenvalue weighted by molar-refractivity contribution is 6.05. The molecule has 0 aliphatic heterocycles. The van der Waals surface area contributed by atoms with Crippen molar-refractivity contribution in [2.45, 2.75) is 69.3 Å². The lowest BCUT2D eigenvalue weighted by atomic mass is 9.46. The number of carbonyl (C=O) groups excluding carboxylic acids is 1. The van der Waals surface area contributed by atoms with Crippen molar-refractivity contribution in [3.8, 4) is 5.75 Å². The fourth-order valence-electron chi connectivity index (χ4n) is 8.38. The minimum Gasteiger partial charge on any atom is -0.487 e. The summed E-state index contributed by atoms with van der Waals surface area (Å²) in [7, 11) is 0. The fraction of sp³-hybridized carbons (Fsp3) is 0.471. The molecule has 0 heterocycles. The van der Waals surface area contributed by atoms with Crippen LogP contribution in [0.15, 0.2) is 60.7 Å². The molecule has 4 aliphatic carbocycles. The fourth-order valence-corrected chi connectivity index (χ4v) is 8.38. The molecule has 7 rings (SSSR count). The number of alkyl halides is 6. The maximum absolute atomic E-state index is 13.9. The van der Waals surface area contributed by atoms with Crippen molar-refractivity contribution in [3.05, 3.63) is 77.4 Å². The maximum atomic E-state index is 13.9. The van der Waals surface area contributed by atoms with Crippen LogP contribution in [0.2, 0.25) is 0 Å². The largest absolute Gasteiger partial charge is 0.522 e. The second-order valence-corrected chi connectivity index (χ2v) is 13.0. The Balaban J connectivity index is 1.24. The van der Waals surface area contributed by atoms with Crippen LogP contribution in [0.5, 0.6) is 5.75 Å². The van der Waals surface area contributed by atoms with Gasteiger partial charge in [-0.05, 0) is 79.5 Å². The molecule has 47 heavy (non-hydrogen) atoms. The van der Waals surface area contributed by atoms with E-state index < -0.39 is 53.6 Å². The summed E-state index contributed by atoms with van der Waals surface area (Å²) in [5, 5.41) is 14.5. The molecule has 7 nitrogen and oxygen atoms in total. The second-order valence-electron chi connectivity index (χ2n) is 13.0. The number of nitrogens with one attached hydrogen (secondary N) is 1. The topological polar surface area (TPSA) is 94.1 Å². The molecule has 2 unspecified atom stereocenters. The zero-order valence-electron chi connectivity index (χ0n) is 25.1. The SMILES string of the molecule is O=C(N[C@H](C(=O)O)C12C[C@@H]3C[C@@H](CC(OCCOC(F)(F)F)(C3)C1)C2)c1ccc2ccccc2c1OCc1ccc(C(F)(F)F)cc1. The van der Waals surface area contributed by atoms with E-state index in [0.717, 1.165) is 23.9 Å². The summed E-state index contributed by atoms with van der Waals surface area (Å²) in [6, 6.07) is 13.4. The summed E-state index contributed by atoms with van der Waals surface area (Å²) in [4.78, 5) is 26.8. The molecule has 1 amide bonds. The minimum absolute atomic E-state index is 0.0573. The van der Waals surface area contributed by atoms with Gasteiger partial charge in [0.15, 0.2) is 0 Å². The summed E-state index contributed by atoms with van der Waals surface area (Å²) in [5.41, 5.74) is -2.01. The Bertz CT molecular complexity index is 1620. The van der Waals surface area contributed by atoms with Crippen LogP contribution in [-0.4, -0.2) is 48.2 Å². The molecule has 0 spiro atoms. The van der Waals surface area contributed by atoms with Gasteiger partial charge in [-0.15, -0.1) is 13.2 Å². The molecule has 0 aromatic heterocycles. The minimum atomic E-state index is -4.78. The van der Waals surface area contributed by atoms with E-state index >= 15 is 0 Å². The van der Waals surface area contributed by atoms with E-state index in [1.807, 2.05) is 0 Å². The van der Waals surface area contributed by atoms with Crippen LogP contribution in [0.4, 0.5) is 26.3 Å². The first kappa shape index (κ1) is 33.1. The van der Waals surface area contributed by atoms with Crippen LogP contribution in [0, 0.1) is 17.3 Å². The molecular formula is C34H33F6NO6.